The van der Waals surface area contributed by atoms with E-state index in [0.29, 0.717) is 21.5 Å². The molecule has 1 aromatic heterocycles. The molecule has 0 fully saturated rings. The van der Waals surface area contributed by atoms with Crippen molar-refractivity contribution in [1.82, 2.24) is 9.47 Å². The molecular weight excluding hydrogens is 438 g/mol. The third kappa shape index (κ3) is 4.52. The van der Waals surface area contributed by atoms with Crippen LogP contribution in [0.3, 0.4) is 0 Å². The first-order chi connectivity index (χ1) is 14.9. The number of non-ortho nitro benzene ring substituents is 1. The van der Waals surface area contributed by atoms with E-state index >= 15 is 0 Å². The van der Waals surface area contributed by atoms with Gasteiger partial charge < -0.3 is 14.4 Å². The van der Waals surface area contributed by atoms with Gasteiger partial charge in [0.2, 0.25) is 0 Å². The van der Waals surface area contributed by atoms with Gasteiger partial charge in [-0.1, -0.05) is 11.6 Å². The van der Waals surface area contributed by atoms with Crippen LogP contribution in [0.25, 0.3) is 10.8 Å². The highest BCUT2D eigenvalue weighted by molar-refractivity contribution is 6.31. The molecule has 0 unspecified atom stereocenters. The number of fused-ring (bicyclic) bond motifs is 1. The van der Waals surface area contributed by atoms with Crippen LogP contribution in [-0.2, 0) is 13.6 Å². The predicted octanol–water partition coefficient (Wildman–Crippen LogP) is 5.17. The minimum Gasteiger partial charge on any atom is -0.465 e. The number of hydrogen-bond donors (Lipinski definition) is 1. The van der Waals surface area contributed by atoms with Crippen LogP contribution in [0, 0.1) is 10.1 Å². The normalized spacial score (nSPS) is 11.4. The molecule has 2 aromatic carbocycles. The molecule has 1 heterocycles. The summed E-state index contributed by atoms with van der Waals surface area (Å²) in [5.41, 5.74) is -0.867. The highest BCUT2D eigenvalue weighted by Crippen LogP contribution is 2.35. The molecule has 168 valence electrons. The smallest absolute Gasteiger partial charge is 0.408 e. The average molecular weight is 460 g/mol. The van der Waals surface area contributed by atoms with Crippen molar-refractivity contribution in [2.45, 2.75) is 32.9 Å². The Morgan fingerprint density at radius 2 is 1.81 bits per heavy atom. The van der Waals surface area contributed by atoms with Crippen molar-refractivity contribution < 1.29 is 19.6 Å². The third-order valence-corrected chi connectivity index (χ3v) is 5.28. The molecule has 0 saturated heterocycles. The Labute approximate surface area is 188 Å². The first-order valence-corrected chi connectivity index (χ1v) is 10.0. The van der Waals surface area contributed by atoms with Gasteiger partial charge in [0.15, 0.2) is 5.75 Å². The molecule has 0 atom stereocenters. The van der Waals surface area contributed by atoms with Gasteiger partial charge >= 0.3 is 6.09 Å². The lowest BCUT2D eigenvalue weighted by Gasteiger charge is -2.34. The zero-order valence-corrected chi connectivity index (χ0v) is 18.7. The van der Waals surface area contributed by atoms with Crippen LogP contribution in [0.5, 0.6) is 11.5 Å². The number of carbonyl (C=O) groups is 1. The van der Waals surface area contributed by atoms with Crippen molar-refractivity contribution in [2.24, 2.45) is 7.05 Å². The number of aromatic nitrogens is 1. The van der Waals surface area contributed by atoms with Crippen LogP contribution < -0.4 is 10.3 Å². The Bertz CT molecular complexity index is 1260. The van der Waals surface area contributed by atoms with Gasteiger partial charge in [0.1, 0.15) is 5.75 Å². The van der Waals surface area contributed by atoms with Gasteiger partial charge in [-0.2, -0.15) is 0 Å². The standard InChI is InChI=1S/C22H22ClN3O6/c1-22(2,3)25(21(28)29)12-18-19(32-15-8-6-14(7-9-15)26(30)31)17-11-13(23)5-10-16(17)20(27)24(18)4/h5-11H,12H2,1-4H3,(H,28,29). The SMILES string of the molecule is Cn1c(CN(C(=O)O)C(C)(C)C)c(Oc2ccc([N+](=O)[O-])cc2)c2cc(Cl)ccc2c1=O. The molecule has 0 saturated carbocycles. The lowest BCUT2D eigenvalue weighted by molar-refractivity contribution is -0.384. The zero-order valence-electron chi connectivity index (χ0n) is 18.0. The first kappa shape index (κ1) is 23.1. The Balaban J connectivity index is 2.25. The number of amides is 1. The second-order valence-electron chi connectivity index (χ2n) is 8.22. The lowest BCUT2D eigenvalue weighted by Crippen LogP contribution is -2.45. The molecule has 10 heteroatoms. The molecule has 9 nitrogen and oxygen atoms in total. The highest BCUT2D eigenvalue weighted by atomic mass is 35.5. The minimum absolute atomic E-state index is 0.101. The molecule has 32 heavy (non-hydrogen) atoms. The first-order valence-electron chi connectivity index (χ1n) is 9.64. The van der Waals surface area contributed by atoms with E-state index in [2.05, 4.69) is 0 Å². The average Bonchev–Trinajstić information content (AvgIpc) is 2.70. The van der Waals surface area contributed by atoms with E-state index in [0.717, 1.165) is 0 Å². The lowest BCUT2D eigenvalue weighted by atomic mass is 10.0. The maximum atomic E-state index is 13.0. The van der Waals surface area contributed by atoms with Crippen LogP contribution in [0.2, 0.25) is 5.02 Å². The summed E-state index contributed by atoms with van der Waals surface area (Å²) >= 11 is 6.18. The number of carboxylic acid groups (broad SMARTS) is 1. The fourth-order valence-corrected chi connectivity index (χ4v) is 3.46. The molecule has 3 rings (SSSR count). The van der Waals surface area contributed by atoms with Crippen LogP contribution in [-0.4, -0.2) is 31.1 Å². The summed E-state index contributed by atoms with van der Waals surface area (Å²) in [5.74, 6) is 0.531. The maximum absolute atomic E-state index is 13.0. The molecule has 0 aliphatic heterocycles. The highest BCUT2D eigenvalue weighted by Gasteiger charge is 2.29. The summed E-state index contributed by atoms with van der Waals surface area (Å²) in [5, 5.41) is 21.8. The van der Waals surface area contributed by atoms with Crippen molar-refractivity contribution in [3.05, 3.63) is 73.6 Å². The number of nitro benzene ring substituents is 1. The van der Waals surface area contributed by atoms with Gasteiger partial charge in [-0.25, -0.2) is 4.79 Å². The van der Waals surface area contributed by atoms with E-state index in [1.54, 1.807) is 39.0 Å². The van der Waals surface area contributed by atoms with E-state index in [9.17, 15) is 24.8 Å². The van der Waals surface area contributed by atoms with Crippen molar-refractivity contribution >= 4 is 34.2 Å². The number of ether oxygens (including phenoxy) is 1. The van der Waals surface area contributed by atoms with Gasteiger partial charge in [-0.05, 0) is 51.1 Å². The number of rotatable bonds is 5. The second kappa shape index (κ2) is 8.51. The van der Waals surface area contributed by atoms with Crippen molar-refractivity contribution in [1.29, 1.82) is 0 Å². The summed E-state index contributed by atoms with van der Waals surface area (Å²) in [7, 11) is 1.54. The molecule has 1 N–H and O–H groups in total. The van der Waals surface area contributed by atoms with Crippen LogP contribution in [0.4, 0.5) is 10.5 Å². The van der Waals surface area contributed by atoms with E-state index in [-0.39, 0.29) is 29.3 Å². The van der Waals surface area contributed by atoms with Gasteiger partial charge in [-0.15, -0.1) is 0 Å². The van der Waals surface area contributed by atoms with Crippen LogP contribution in [0.15, 0.2) is 47.3 Å². The van der Waals surface area contributed by atoms with Crippen molar-refractivity contribution in [3.63, 3.8) is 0 Å². The van der Waals surface area contributed by atoms with E-state index < -0.39 is 16.6 Å². The fourth-order valence-electron chi connectivity index (χ4n) is 3.29. The zero-order chi connectivity index (χ0) is 23.8. The molecule has 0 spiro atoms. The Morgan fingerprint density at radius 1 is 1.19 bits per heavy atom. The summed E-state index contributed by atoms with van der Waals surface area (Å²) in [6, 6.07) is 10.2. The summed E-state index contributed by atoms with van der Waals surface area (Å²) in [4.78, 5) is 36.6. The Kier molecular flexibility index (Phi) is 6.13. The van der Waals surface area contributed by atoms with Crippen LogP contribution in [0.1, 0.15) is 26.5 Å². The minimum atomic E-state index is -1.16. The van der Waals surface area contributed by atoms with Gasteiger partial charge in [0, 0.05) is 35.1 Å². The Hall–Kier alpha value is -3.59. The monoisotopic (exact) mass is 459 g/mol. The number of halogens is 1. The van der Waals surface area contributed by atoms with Gasteiger partial charge in [0.25, 0.3) is 11.2 Å². The van der Waals surface area contributed by atoms with Crippen LogP contribution >= 0.6 is 11.6 Å². The van der Waals surface area contributed by atoms with E-state index in [1.165, 1.54) is 40.8 Å². The number of benzene rings is 2. The summed E-state index contributed by atoms with van der Waals surface area (Å²) < 4.78 is 7.43. The summed E-state index contributed by atoms with van der Waals surface area (Å²) in [6.07, 6.45) is -1.16. The van der Waals surface area contributed by atoms with E-state index in [4.69, 9.17) is 16.3 Å². The number of nitro groups is 1. The fraction of sp³-hybridized carbons (Fsp3) is 0.273. The van der Waals surface area contributed by atoms with Gasteiger partial charge in [-0.3, -0.25) is 19.8 Å². The molecule has 0 aliphatic carbocycles. The number of nitrogens with zero attached hydrogens (tertiary/aromatic N) is 3. The Morgan fingerprint density at radius 3 is 2.34 bits per heavy atom. The number of pyridine rings is 1. The molecular formula is C22H22ClN3O6. The van der Waals surface area contributed by atoms with Crippen molar-refractivity contribution in [3.8, 4) is 11.5 Å². The molecule has 1 amide bonds. The van der Waals surface area contributed by atoms with E-state index in [1.807, 2.05) is 0 Å². The molecule has 0 bridgehead atoms. The molecule has 3 aromatic rings. The largest absolute Gasteiger partial charge is 0.465 e. The molecule has 0 aliphatic rings. The van der Waals surface area contributed by atoms with Crippen molar-refractivity contribution in [2.75, 3.05) is 0 Å². The number of hydrogen-bond acceptors (Lipinski definition) is 5. The second-order valence-corrected chi connectivity index (χ2v) is 8.66. The quantitative estimate of drug-likeness (QED) is 0.415. The topological polar surface area (TPSA) is 115 Å². The molecule has 0 radical (unpaired) electrons. The summed E-state index contributed by atoms with van der Waals surface area (Å²) in [6.45, 7) is 5.10. The maximum Gasteiger partial charge on any atom is 0.408 e. The third-order valence-electron chi connectivity index (χ3n) is 5.04. The van der Waals surface area contributed by atoms with Gasteiger partial charge in [0.05, 0.1) is 22.5 Å². The predicted molar refractivity (Wildman–Crippen MR) is 121 cm³/mol.